The van der Waals surface area contributed by atoms with Crippen molar-refractivity contribution in [2.75, 3.05) is 24.7 Å². The van der Waals surface area contributed by atoms with Crippen LogP contribution in [0, 0.1) is 0 Å². The van der Waals surface area contributed by atoms with E-state index in [-0.39, 0.29) is 0 Å². The van der Waals surface area contributed by atoms with Crippen LogP contribution in [-0.2, 0) is 0 Å². The number of benzene rings is 1. The van der Waals surface area contributed by atoms with Gasteiger partial charge in [-0.1, -0.05) is 12.1 Å². The van der Waals surface area contributed by atoms with Gasteiger partial charge in [-0.05, 0) is 31.4 Å². The third-order valence-corrected chi connectivity index (χ3v) is 2.60. The second-order valence-corrected chi connectivity index (χ2v) is 3.62. The summed E-state index contributed by atoms with van der Waals surface area (Å²) < 4.78 is 0. The molecule has 1 rings (SSSR count). The normalized spacial score (nSPS) is 10.0. The van der Waals surface area contributed by atoms with Crippen LogP contribution in [0.2, 0.25) is 0 Å². The summed E-state index contributed by atoms with van der Waals surface area (Å²) in [5.41, 5.74) is 6.63. The highest BCUT2D eigenvalue weighted by Crippen LogP contribution is 2.24. The molecule has 0 unspecified atom stereocenters. The Hall–Kier alpha value is -0.670. The molecule has 0 aliphatic carbocycles. The molecule has 3 N–H and O–H groups in total. The van der Waals surface area contributed by atoms with Gasteiger partial charge in [0.05, 0.1) is 0 Å². The molecule has 0 heterocycles. The molecule has 0 aliphatic rings. The number of hydrogen-bond acceptors (Lipinski definition) is 3. The van der Waals surface area contributed by atoms with Crippen LogP contribution < -0.4 is 11.1 Å². The SMILES string of the molecule is CSc1ccccc1NCCCN. The standard InChI is InChI=1S/C10H16N2S/c1-13-10-6-3-2-5-9(10)12-8-4-7-11/h2-3,5-6,12H,4,7-8,11H2,1H3. The van der Waals surface area contributed by atoms with Crippen molar-refractivity contribution in [1.29, 1.82) is 0 Å². The fraction of sp³-hybridized carbons (Fsp3) is 0.400. The Morgan fingerprint density at radius 1 is 1.38 bits per heavy atom. The predicted octanol–water partition coefficient (Wildman–Crippen LogP) is 2.17. The van der Waals surface area contributed by atoms with E-state index in [9.17, 15) is 0 Å². The number of rotatable bonds is 5. The Balaban J connectivity index is 2.54. The van der Waals surface area contributed by atoms with Gasteiger partial charge in [-0.25, -0.2) is 0 Å². The Morgan fingerprint density at radius 3 is 2.85 bits per heavy atom. The second kappa shape index (κ2) is 5.89. The van der Waals surface area contributed by atoms with E-state index in [1.165, 1.54) is 10.6 Å². The molecule has 0 aromatic heterocycles. The average molecular weight is 196 g/mol. The molecular weight excluding hydrogens is 180 g/mol. The van der Waals surface area contributed by atoms with Crippen molar-refractivity contribution in [3.63, 3.8) is 0 Å². The van der Waals surface area contributed by atoms with Gasteiger partial charge in [0.2, 0.25) is 0 Å². The molecule has 0 saturated carbocycles. The third kappa shape index (κ3) is 3.28. The molecule has 2 nitrogen and oxygen atoms in total. The van der Waals surface area contributed by atoms with Crippen LogP contribution >= 0.6 is 11.8 Å². The maximum Gasteiger partial charge on any atom is 0.0478 e. The summed E-state index contributed by atoms with van der Waals surface area (Å²) in [6.07, 6.45) is 3.10. The summed E-state index contributed by atoms with van der Waals surface area (Å²) in [6, 6.07) is 8.32. The van der Waals surface area contributed by atoms with Crippen molar-refractivity contribution in [3.05, 3.63) is 24.3 Å². The maximum atomic E-state index is 5.42. The highest BCUT2D eigenvalue weighted by molar-refractivity contribution is 7.98. The second-order valence-electron chi connectivity index (χ2n) is 2.77. The molecule has 3 heteroatoms. The van der Waals surface area contributed by atoms with Crippen molar-refractivity contribution >= 4 is 17.4 Å². The summed E-state index contributed by atoms with van der Waals surface area (Å²) in [5, 5.41) is 3.36. The first kappa shape index (κ1) is 10.4. The number of para-hydroxylation sites is 1. The molecule has 0 atom stereocenters. The summed E-state index contributed by atoms with van der Waals surface area (Å²) in [5.74, 6) is 0. The van der Waals surface area contributed by atoms with Gasteiger partial charge >= 0.3 is 0 Å². The van der Waals surface area contributed by atoms with Crippen molar-refractivity contribution < 1.29 is 0 Å². The first-order valence-electron chi connectivity index (χ1n) is 4.45. The first-order valence-corrected chi connectivity index (χ1v) is 5.68. The van der Waals surface area contributed by atoms with Crippen LogP contribution in [-0.4, -0.2) is 19.3 Å². The van der Waals surface area contributed by atoms with Gasteiger partial charge in [-0.3, -0.25) is 0 Å². The highest BCUT2D eigenvalue weighted by Gasteiger charge is 1.97. The topological polar surface area (TPSA) is 38.0 Å². The van der Waals surface area contributed by atoms with Gasteiger partial charge in [0, 0.05) is 17.1 Å². The number of hydrogen-bond donors (Lipinski definition) is 2. The molecular formula is C10H16N2S. The smallest absolute Gasteiger partial charge is 0.0478 e. The number of nitrogens with one attached hydrogen (secondary N) is 1. The monoisotopic (exact) mass is 196 g/mol. The molecule has 13 heavy (non-hydrogen) atoms. The van der Waals surface area contributed by atoms with E-state index >= 15 is 0 Å². The van der Waals surface area contributed by atoms with E-state index in [1.807, 2.05) is 6.07 Å². The van der Waals surface area contributed by atoms with Gasteiger partial charge < -0.3 is 11.1 Å². The van der Waals surface area contributed by atoms with Crippen LogP contribution in [0.1, 0.15) is 6.42 Å². The summed E-state index contributed by atoms with van der Waals surface area (Å²) in [7, 11) is 0. The zero-order valence-electron chi connectivity index (χ0n) is 7.92. The van der Waals surface area contributed by atoms with E-state index in [2.05, 4.69) is 29.8 Å². The minimum absolute atomic E-state index is 0.744. The lowest BCUT2D eigenvalue weighted by molar-refractivity contribution is 0.872. The van der Waals surface area contributed by atoms with Gasteiger partial charge in [0.1, 0.15) is 0 Å². The number of thioether (sulfide) groups is 1. The Bertz CT molecular complexity index is 250. The lowest BCUT2D eigenvalue weighted by Crippen LogP contribution is -2.08. The maximum absolute atomic E-state index is 5.42. The molecule has 1 aromatic carbocycles. The van der Waals surface area contributed by atoms with Crippen LogP contribution in [0.5, 0.6) is 0 Å². The number of anilines is 1. The van der Waals surface area contributed by atoms with Gasteiger partial charge in [-0.2, -0.15) is 0 Å². The van der Waals surface area contributed by atoms with E-state index < -0.39 is 0 Å². The van der Waals surface area contributed by atoms with E-state index in [0.717, 1.165) is 19.5 Å². The van der Waals surface area contributed by atoms with Crippen LogP contribution in [0.3, 0.4) is 0 Å². The molecule has 0 spiro atoms. The van der Waals surface area contributed by atoms with Crippen molar-refractivity contribution in [2.24, 2.45) is 5.73 Å². The molecule has 0 radical (unpaired) electrons. The van der Waals surface area contributed by atoms with Gasteiger partial charge in [0.25, 0.3) is 0 Å². The summed E-state index contributed by atoms with van der Waals surface area (Å²) in [6.45, 7) is 1.70. The van der Waals surface area contributed by atoms with Gasteiger partial charge in [-0.15, -0.1) is 11.8 Å². The molecule has 0 fully saturated rings. The van der Waals surface area contributed by atoms with E-state index in [4.69, 9.17) is 5.73 Å². The van der Waals surface area contributed by atoms with E-state index in [0.29, 0.717) is 0 Å². The predicted molar refractivity (Wildman–Crippen MR) is 60.4 cm³/mol. The quantitative estimate of drug-likeness (QED) is 0.560. The van der Waals surface area contributed by atoms with Crippen molar-refractivity contribution in [3.8, 4) is 0 Å². The largest absolute Gasteiger partial charge is 0.384 e. The molecule has 0 bridgehead atoms. The van der Waals surface area contributed by atoms with Crippen LogP contribution in [0.25, 0.3) is 0 Å². The number of nitrogens with two attached hydrogens (primary N) is 1. The molecule has 1 aromatic rings. The van der Waals surface area contributed by atoms with Crippen molar-refractivity contribution in [2.45, 2.75) is 11.3 Å². The van der Waals surface area contributed by atoms with E-state index in [1.54, 1.807) is 11.8 Å². The zero-order valence-corrected chi connectivity index (χ0v) is 8.73. The summed E-state index contributed by atoms with van der Waals surface area (Å²) in [4.78, 5) is 1.29. The lowest BCUT2D eigenvalue weighted by atomic mass is 10.3. The minimum atomic E-state index is 0.744. The first-order chi connectivity index (χ1) is 6.38. The molecule has 72 valence electrons. The Morgan fingerprint density at radius 2 is 2.15 bits per heavy atom. The Labute approximate surface area is 83.9 Å². The fourth-order valence-corrected chi connectivity index (χ4v) is 1.69. The lowest BCUT2D eigenvalue weighted by Gasteiger charge is -2.09. The third-order valence-electron chi connectivity index (χ3n) is 1.80. The zero-order chi connectivity index (χ0) is 9.52. The minimum Gasteiger partial charge on any atom is -0.384 e. The fourth-order valence-electron chi connectivity index (χ4n) is 1.12. The summed E-state index contributed by atoms with van der Waals surface area (Å²) >= 11 is 1.76. The molecule has 0 saturated heterocycles. The van der Waals surface area contributed by atoms with Crippen LogP contribution in [0.15, 0.2) is 29.2 Å². The Kier molecular flexibility index (Phi) is 4.72. The van der Waals surface area contributed by atoms with Gasteiger partial charge in [0.15, 0.2) is 0 Å². The average Bonchev–Trinajstić information content (AvgIpc) is 2.19. The molecule has 0 aliphatic heterocycles. The van der Waals surface area contributed by atoms with Crippen LogP contribution in [0.4, 0.5) is 5.69 Å². The molecule has 0 amide bonds. The highest BCUT2D eigenvalue weighted by atomic mass is 32.2. The van der Waals surface area contributed by atoms with Crippen molar-refractivity contribution in [1.82, 2.24) is 0 Å².